The van der Waals surface area contributed by atoms with E-state index in [1.165, 1.54) is 6.08 Å². The highest BCUT2D eigenvalue weighted by Gasteiger charge is 2.16. The first-order chi connectivity index (χ1) is 16.1. The van der Waals surface area contributed by atoms with Crippen LogP contribution >= 0.6 is 15.9 Å². The predicted molar refractivity (Wildman–Crippen MR) is 132 cm³/mol. The minimum atomic E-state index is -0.412. The highest BCUT2D eigenvalue weighted by Crippen LogP contribution is 2.25. The van der Waals surface area contributed by atoms with Crippen LogP contribution in [0.5, 0.6) is 0 Å². The van der Waals surface area contributed by atoms with Crippen molar-refractivity contribution >= 4 is 33.8 Å². The van der Waals surface area contributed by atoms with Gasteiger partial charge in [0.2, 0.25) is 0 Å². The van der Waals surface area contributed by atoms with Crippen LogP contribution in [-0.4, -0.2) is 11.8 Å². The number of carbonyl (C=O) groups excluding carboxylic acids is 2. The maximum atomic E-state index is 13.0. The molecule has 0 radical (unpaired) electrons. The second-order valence-electron chi connectivity index (χ2n) is 7.26. The zero-order valence-electron chi connectivity index (χ0n) is 17.6. The van der Waals surface area contributed by atoms with Crippen LogP contribution < -0.4 is 10.6 Å². The summed E-state index contributed by atoms with van der Waals surface area (Å²) in [5.74, 6) is 0.319. The molecule has 4 rings (SSSR count). The summed E-state index contributed by atoms with van der Waals surface area (Å²) >= 11 is 3.42. The average molecular weight is 501 g/mol. The van der Waals surface area contributed by atoms with Crippen LogP contribution in [0.4, 0.5) is 0 Å². The minimum absolute atomic E-state index is 0.0940. The topological polar surface area (TPSA) is 71.3 Å². The number of carbonyl (C=O) groups is 2. The van der Waals surface area contributed by atoms with E-state index in [-0.39, 0.29) is 11.6 Å². The summed E-state index contributed by atoms with van der Waals surface area (Å²) in [6.45, 7) is 0.334. The quantitative estimate of drug-likeness (QED) is 0.315. The Hall–Kier alpha value is -3.90. The third-order valence-corrected chi connectivity index (χ3v) is 5.40. The summed E-state index contributed by atoms with van der Waals surface area (Å²) in [5.41, 5.74) is 2.40. The van der Waals surface area contributed by atoms with E-state index >= 15 is 0 Å². The maximum Gasteiger partial charge on any atom is 0.268 e. The first-order valence-corrected chi connectivity index (χ1v) is 11.1. The Bertz CT molecular complexity index is 1260. The van der Waals surface area contributed by atoms with Gasteiger partial charge in [0.15, 0.2) is 0 Å². The van der Waals surface area contributed by atoms with E-state index in [4.69, 9.17) is 4.42 Å². The van der Waals surface area contributed by atoms with Gasteiger partial charge in [-0.3, -0.25) is 9.59 Å². The standard InChI is InChI=1S/C27H21BrN2O3/c28-22-13-11-20(12-14-22)25-16-15-23(33-25)17-24(30-26(31)21-9-5-2-6-10-21)27(32)29-18-19-7-3-1-4-8-19/h1-17H,18H2,(H,29,32)(H,30,31)/b24-17-. The summed E-state index contributed by atoms with van der Waals surface area (Å²) in [5, 5.41) is 5.57. The third-order valence-electron chi connectivity index (χ3n) is 4.87. The van der Waals surface area contributed by atoms with Crippen LogP contribution in [0.1, 0.15) is 21.7 Å². The summed E-state index contributed by atoms with van der Waals surface area (Å²) in [6, 6.07) is 29.6. The molecule has 0 aliphatic rings. The zero-order valence-corrected chi connectivity index (χ0v) is 19.2. The molecule has 0 unspecified atom stereocenters. The number of hydrogen-bond donors (Lipinski definition) is 2. The molecule has 6 heteroatoms. The predicted octanol–water partition coefficient (Wildman–Crippen LogP) is 5.80. The molecule has 0 spiro atoms. The summed E-state index contributed by atoms with van der Waals surface area (Å²) in [6.07, 6.45) is 1.53. The lowest BCUT2D eigenvalue weighted by atomic mass is 10.2. The highest BCUT2D eigenvalue weighted by atomic mass is 79.9. The average Bonchev–Trinajstić information content (AvgIpc) is 3.32. The number of halogens is 1. The van der Waals surface area contributed by atoms with Crippen molar-refractivity contribution in [3.05, 3.63) is 124 Å². The Balaban J connectivity index is 1.57. The maximum absolute atomic E-state index is 13.0. The van der Waals surface area contributed by atoms with Gasteiger partial charge in [-0.1, -0.05) is 76.6 Å². The molecule has 1 aromatic heterocycles. The van der Waals surface area contributed by atoms with Crippen LogP contribution in [0.25, 0.3) is 17.4 Å². The van der Waals surface area contributed by atoms with E-state index in [9.17, 15) is 9.59 Å². The fourth-order valence-corrected chi connectivity index (χ4v) is 3.42. The van der Waals surface area contributed by atoms with Crippen LogP contribution in [0.2, 0.25) is 0 Å². The molecular formula is C27H21BrN2O3. The van der Waals surface area contributed by atoms with Crippen LogP contribution in [-0.2, 0) is 11.3 Å². The van der Waals surface area contributed by atoms with Crippen molar-refractivity contribution in [3.8, 4) is 11.3 Å². The van der Waals surface area contributed by atoms with Crippen molar-refractivity contribution in [2.24, 2.45) is 0 Å². The first-order valence-electron chi connectivity index (χ1n) is 10.3. The molecule has 33 heavy (non-hydrogen) atoms. The number of amides is 2. The Morgan fingerprint density at radius 1 is 0.818 bits per heavy atom. The summed E-state index contributed by atoms with van der Waals surface area (Å²) in [4.78, 5) is 25.7. The van der Waals surface area contributed by atoms with Gasteiger partial charge < -0.3 is 15.1 Å². The van der Waals surface area contributed by atoms with Gasteiger partial charge in [0.25, 0.3) is 11.8 Å². The van der Waals surface area contributed by atoms with E-state index in [0.29, 0.717) is 23.6 Å². The number of furan rings is 1. The monoisotopic (exact) mass is 500 g/mol. The van der Waals surface area contributed by atoms with Gasteiger partial charge in [0, 0.05) is 28.2 Å². The second-order valence-corrected chi connectivity index (χ2v) is 8.17. The molecule has 0 bridgehead atoms. The SMILES string of the molecule is O=C(NCc1ccccc1)/C(=C/c1ccc(-c2ccc(Br)cc2)o1)NC(=O)c1ccccc1. The molecule has 0 aliphatic heterocycles. The van der Waals surface area contributed by atoms with Crippen LogP contribution in [0.15, 0.2) is 112 Å². The van der Waals surface area contributed by atoms with E-state index in [2.05, 4.69) is 26.6 Å². The highest BCUT2D eigenvalue weighted by molar-refractivity contribution is 9.10. The fourth-order valence-electron chi connectivity index (χ4n) is 3.16. The van der Waals surface area contributed by atoms with Crippen molar-refractivity contribution in [3.63, 3.8) is 0 Å². The Morgan fingerprint density at radius 2 is 1.48 bits per heavy atom. The van der Waals surface area contributed by atoms with Crippen molar-refractivity contribution in [2.45, 2.75) is 6.54 Å². The Morgan fingerprint density at radius 3 is 2.18 bits per heavy atom. The zero-order chi connectivity index (χ0) is 23.0. The van der Waals surface area contributed by atoms with Gasteiger partial charge in [-0.05, 0) is 42.0 Å². The number of rotatable bonds is 7. The number of hydrogen-bond acceptors (Lipinski definition) is 3. The molecule has 5 nitrogen and oxygen atoms in total. The molecule has 0 saturated heterocycles. The largest absolute Gasteiger partial charge is 0.457 e. The Kier molecular flexibility index (Phi) is 7.17. The minimum Gasteiger partial charge on any atom is -0.457 e. The van der Waals surface area contributed by atoms with Crippen molar-refractivity contribution in [1.82, 2.24) is 10.6 Å². The normalized spacial score (nSPS) is 11.1. The van der Waals surface area contributed by atoms with Crippen LogP contribution in [0, 0.1) is 0 Å². The van der Waals surface area contributed by atoms with E-state index in [0.717, 1.165) is 15.6 Å². The van der Waals surface area contributed by atoms with Gasteiger partial charge in [-0.15, -0.1) is 0 Å². The lowest BCUT2D eigenvalue weighted by Crippen LogP contribution is -2.34. The lowest BCUT2D eigenvalue weighted by molar-refractivity contribution is -0.117. The number of nitrogens with one attached hydrogen (secondary N) is 2. The molecular weight excluding hydrogens is 480 g/mol. The van der Waals surface area contributed by atoms with Crippen molar-refractivity contribution in [1.29, 1.82) is 0 Å². The smallest absolute Gasteiger partial charge is 0.268 e. The van der Waals surface area contributed by atoms with Crippen molar-refractivity contribution < 1.29 is 14.0 Å². The fraction of sp³-hybridized carbons (Fsp3) is 0.0370. The van der Waals surface area contributed by atoms with Gasteiger partial charge in [0.1, 0.15) is 17.2 Å². The third kappa shape index (κ3) is 6.08. The Labute approximate surface area is 200 Å². The molecule has 0 fully saturated rings. The molecule has 0 saturated carbocycles. The molecule has 0 aliphatic carbocycles. The molecule has 4 aromatic rings. The molecule has 164 valence electrons. The van der Waals surface area contributed by atoms with E-state index in [1.807, 2.05) is 66.7 Å². The second kappa shape index (κ2) is 10.6. The first kappa shape index (κ1) is 22.3. The van der Waals surface area contributed by atoms with Gasteiger partial charge in [-0.25, -0.2) is 0 Å². The van der Waals surface area contributed by atoms with Gasteiger partial charge >= 0.3 is 0 Å². The van der Waals surface area contributed by atoms with Gasteiger partial charge in [-0.2, -0.15) is 0 Å². The molecule has 1 heterocycles. The molecule has 3 aromatic carbocycles. The summed E-state index contributed by atoms with van der Waals surface area (Å²) < 4.78 is 6.89. The molecule has 2 N–H and O–H groups in total. The van der Waals surface area contributed by atoms with E-state index < -0.39 is 5.91 Å². The lowest BCUT2D eigenvalue weighted by Gasteiger charge is -2.11. The van der Waals surface area contributed by atoms with Gasteiger partial charge in [0.05, 0.1) is 0 Å². The molecule has 2 amide bonds. The molecule has 0 atom stereocenters. The van der Waals surface area contributed by atoms with E-state index in [1.54, 1.807) is 30.3 Å². The number of benzene rings is 3. The van der Waals surface area contributed by atoms with Crippen LogP contribution in [0.3, 0.4) is 0 Å². The van der Waals surface area contributed by atoms with Crippen molar-refractivity contribution in [2.75, 3.05) is 0 Å². The summed E-state index contributed by atoms with van der Waals surface area (Å²) in [7, 11) is 0.